The molecule has 0 fully saturated rings. The molecule has 0 saturated heterocycles. The number of hydrogen-bond donors (Lipinski definition) is 0. The van der Waals surface area contributed by atoms with E-state index >= 15 is 0 Å². The van der Waals surface area contributed by atoms with Gasteiger partial charge in [0.2, 0.25) is 0 Å². The first-order valence-electron chi connectivity index (χ1n) is 7.68. The number of imidazole rings is 1. The largest absolute Gasteiger partial charge is 0.292 e. The van der Waals surface area contributed by atoms with Crippen LogP contribution in [0.15, 0.2) is 53.5 Å². The minimum Gasteiger partial charge on any atom is -0.292 e. The van der Waals surface area contributed by atoms with Gasteiger partial charge in [-0.2, -0.15) is 0 Å². The minimum atomic E-state index is 0.902. The zero-order chi connectivity index (χ0) is 16.0. The average molecular weight is 299 g/mol. The molecule has 0 unspecified atom stereocenters. The van der Waals surface area contributed by atoms with Crippen molar-refractivity contribution in [2.24, 2.45) is 4.99 Å². The van der Waals surface area contributed by atoms with Crippen molar-refractivity contribution < 1.29 is 0 Å². The summed E-state index contributed by atoms with van der Waals surface area (Å²) in [5, 5.41) is 1.13. The molecule has 112 valence electrons. The summed E-state index contributed by atoms with van der Waals surface area (Å²) in [6, 6.07) is 14.5. The molecule has 0 N–H and O–H groups in total. The van der Waals surface area contributed by atoms with Crippen LogP contribution in [0, 0.1) is 6.92 Å². The van der Waals surface area contributed by atoms with E-state index in [2.05, 4.69) is 53.4 Å². The zero-order valence-electron chi connectivity index (χ0n) is 13.2. The van der Waals surface area contributed by atoms with E-state index in [0.29, 0.717) is 0 Å². The highest BCUT2D eigenvalue weighted by Gasteiger charge is 2.17. The molecule has 0 atom stereocenters. The van der Waals surface area contributed by atoms with Crippen LogP contribution in [0.1, 0.15) is 18.1 Å². The van der Waals surface area contributed by atoms with E-state index in [1.54, 1.807) is 0 Å². The lowest BCUT2D eigenvalue weighted by molar-refractivity contribution is 1.28. The van der Waals surface area contributed by atoms with Crippen LogP contribution >= 0.6 is 0 Å². The van der Waals surface area contributed by atoms with Gasteiger partial charge in [-0.1, -0.05) is 36.4 Å². The molecule has 0 saturated carbocycles. The maximum absolute atomic E-state index is 4.85. The Morgan fingerprint density at radius 1 is 1.09 bits per heavy atom. The van der Waals surface area contributed by atoms with Gasteiger partial charge >= 0.3 is 0 Å². The summed E-state index contributed by atoms with van der Waals surface area (Å²) in [6.07, 6.45) is 4.09. The Kier molecular flexibility index (Phi) is 3.01. The van der Waals surface area contributed by atoms with E-state index in [1.165, 1.54) is 5.56 Å². The first-order valence-corrected chi connectivity index (χ1v) is 7.68. The number of nitrogens with zero attached hydrogens (tertiary/aromatic N) is 3. The van der Waals surface area contributed by atoms with Crippen molar-refractivity contribution in [3.63, 3.8) is 0 Å². The molecule has 0 amide bonds. The van der Waals surface area contributed by atoms with E-state index in [1.807, 2.05) is 31.2 Å². The third-order valence-corrected chi connectivity index (χ3v) is 4.28. The fourth-order valence-electron chi connectivity index (χ4n) is 3.32. The van der Waals surface area contributed by atoms with Crippen molar-refractivity contribution in [1.82, 2.24) is 9.38 Å². The molecule has 0 bridgehead atoms. The number of benzene rings is 2. The minimum absolute atomic E-state index is 0.902. The molecule has 23 heavy (non-hydrogen) atoms. The molecule has 4 aromatic rings. The van der Waals surface area contributed by atoms with E-state index in [-0.39, 0.29) is 0 Å². The van der Waals surface area contributed by atoms with Gasteiger partial charge in [-0.3, -0.25) is 9.39 Å². The summed E-state index contributed by atoms with van der Waals surface area (Å²) in [6.45, 7) is 7.93. The molecule has 2 aromatic carbocycles. The number of allylic oxidation sites excluding steroid dienone is 1. The molecule has 3 heteroatoms. The monoisotopic (exact) mass is 299 g/mol. The second kappa shape index (κ2) is 5.06. The average Bonchev–Trinajstić information content (AvgIpc) is 2.95. The lowest BCUT2D eigenvalue weighted by Crippen LogP contribution is -1.94. The Hall–Kier alpha value is -2.94. The summed E-state index contributed by atoms with van der Waals surface area (Å²) in [5.41, 5.74) is 7.24. The number of para-hydroxylation sites is 2. The van der Waals surface area contributed by atoms with Gasteiger partial charge in [0.25, 0.3) is 0 Å². The van der Waals surface area contributed by atoms with Crippen LogP contribution < -0.4 is 0 Å². The fourth-order valence-corrected chi connectivity index (χ4v) is 3.32. The molecule has 0 spiro atoms. The Balaban J connectivity index is 2.42. The van der Waals surface area contributed by atoms with Gasteiger partial charge in [0.1, 0.15) is 5.65 Å². The maximum atomic E-state index is 4.85. The van der Waals surface area contributed by atoms with E-state index in [4.69, 9.17) is 4.98 Å². The van der Waals surface area contributed by atoms with E-state index < -0.39 is 0 Å². The Labute approximate surface area is 134 Å². The molecule has 2 heterocycles. The van der Waals surface area contributed by atoms with Crippen molar-refractivity contribution in [3.8, 4) is 0 Å². The number of pyridine rings is 1. The molecule has 3 nitrogen and oxygen atoms in total. The van der Waals surface area contributed by atoms with Gasteiger partial charge in [0, 0.05) is 10.9 Å². The number of aliphatic imine (C=N–C) groups is 1. The first kappa shape index (κ1) is 13.7. The summed E-state index contributed by atoms with van der Waals surface area (Å²) < 4.78 is 2.22. The third-order valence-electron chi connectivity index (χ3n) is 4.28. The quantitative estimate of drug-likeness (QED) is 0.461. The van der Waals surface area contributed by atoms with Gasteiger partial charge in [-0.25, -0.2) is 4.98 Å². The summed E-state index contributed by atoms with van der Waals surface area (Å²) in [7, 11) is 0. The molecular weight excluding hydrogens is 282 g/mol. The number of fused-ring (bicyclic) bond motifs is 5. The van der Waals surface area contributed by atoms with Crippen LogP contribution in [0.5, 0.6) is 0 Å². The Bertz CT molecular complexity index is 1100. The molecule has 4 rings (SSSR count). The van der Waals surface area contributed by atoms with Gasteiger partial charge in [0.15, 0.2) is 0 Å². The second-order valence-electron chi connectivity index (χ2n) is 5.65. The SMILES string of the molecule is C=Nc1c(/C=C\C)c2nc3ccccc3n2c2cccc(C)c12. The Morgan fingerprint density at radius 2 is 1.87 bits per heavy atom. The van der Waals surface area contributed by atoms with Crippen molar-refractivity contribution in [2.45, 2.75) is 13.8 Å². The predicted octanol–water partition coefficient (Wildman–Crippen LogP) is 5.31. The van der Waals surface area contributed by atoms with Crippen molar-refractivity contribution in [2.75, 3.05) is 0 Å². The van der Waals surface area contributed by atoms with E-state index in [0.717, 1.165) is 38.8 Å². The number of hydrogen-bond acceptors (Lipinski definition) is 2. The second-order valence-corrected chi connectivity index (χ2v) is 5.65. The van der Waals surface area contributed by atoms with Gasteiger partial charge in [0.05, 0.1) is 22.2 Å². The van der Waals surface area contributed by atoms with Crippen LogP contribution in [0.4, 0.5) is 5.69 Å². The summed E-state index contributed by atoms with van der Waals surface area (Å²) >= 11 is 0. The highest BCUT2D eigenvalue weighted by atomic mass is 15.0. The van der Waals surface area contributed by atoms with Crippen molar-refractivity contribution in [1.29, 1.82) is 0 Å². The molecule has 2 aromatic heterocycles. The topological polar surface area (TPSA) is 29.7 Å². The highest BCUT2D eigenvalue weighted by Crippen LogP contribution is 2.37. The van der Waals surface area contributed by atoms with Crippen LogP contribution in [0.25, 0.3) is 33.7 Å². The maximum Gasteiger partial charge on any atom is 0.147 e. The first-order chi connectivity index (χ1) is 11.3. The fraction of sp³-hybridized carbons (Fsp3) is 0.100. The van der Waals surface area contributed by atoms with Crippen LogP contribution in [0.2, 0.25) is 0 Å². The number of aromatic nitrogens is 2. The Morgan fingerprint density at radius 3 is 2.65 bits per heavy atom. The zero-order valence-corrected chi connectivity index (χ0v) is 13.2. The summed E-state index contributed by atoms with van der Waals surface area (Å²) in [4.78, 5) is 9.19. The summed E-state index contributed by atoms with van der Waals surface area (Å²) in [5.74, 6) is 0. The van der Waals surface area contributed by atoms with Crippen LogP contribution in [0.3, 0.4) is 0 Å². The van der Waals surface area contributed by atoms with Crippen LogP contribution in [-0.4, -0.2) is 16.1 Å². The van der Waals surface area contributed by atoms with Crippen molar-refractivity contribution in [3.05, 3.63) is 59.7 Å². The molecule has 0 radical (unpaired) electrons. The lowest BCUT2D eigenvalue weighted by atomic mass is 10.0. The smallest absolute Gasteiger partial charge is 0.147 e. The van der Waals surface area contributed by atoms with Gasteiger partial charge in [-0.15, -0.1) is 0 Å². The standard InChI is InChI=1S/C20H17N3/c1-4-8-14-19(21-3)18-13(2)9-7-12-17(18)23-16-11-6-5-10-15(16)22-20(14)23/h4-12H,3H2,1-2H3/b8-4-. The third kappa shape index (κ3) is 1.83. The number of rotatable bonds is 2. The molecule has 0 aliphatic heterocycles. The molecule has 0 aliphatic rings. The predicted molar refractivity (Wildman–Crippen MR) is 98.9 cm³/mol. The van der Waals surface area contributed by atoms with Gasteiger partial charge < -0.3 is 0 Å². The molecular formula is C20H17N3. The van der Waals surface area contributed by atoms with Crippen LogP contribution in [-0.2, 0) is 0 Å². The normalized spacial score (nSPS) is 11.9. The number of aryl methyl sites for hydroxylation is 1. The van der Waals surface area contributed by atoms with E-state index in [9.17, 15) is 0 Å². The highest BCUT2D eigenvalue weighted by molar-refractivity contribution is 6.04. The van der Waals surface area contributed by atoms with Gasteiger partial charge in [-0.05, 0) is 44.3 Å². The lowest BCUT2D eigenvalue weighted by Gasteiger charge is -2.12. The molecule has 0 aliphatic carbocycles. The van der Waals surface area contributed by atoms with Crippen molar-refractivity contribution >= 4 is 46.1 Å².